The zero-order valence-electron chi connectivity index (χ0n) is 17.5. The highest BCUT2D eigenvalue weighted by Crippen LogP contribution is 2.30. The molecule has 0 amide bonds. The van der Waals surface area contributed by atoms with Gasteiger partial charge in [0.1, 0.15) is 11.5 Å². The van der Waals surface area contributed by atoms with E-state index >= 15 is 0 Å². The van der Waals surface area contributed by atoms with Crippen molar-refractivity contribution in [1.29, 1.82) is 0 Å². The Labute approximate surface area is 185 Å². The van der Waals surface area contributed by atoms with Crippen molar-refractivity contribution in [3.63, 3.8) is 0 Å². The average molecular weight is 422 g/mol. The van der Waals surface area contributed by atoms with Crippen molar-refractivity contribution in [2.45, 2.75) is 12.3 Å². The van der Waals surface area contributed by atoms with Gasteiger partial charge >= 0.3 is 0 Å². The molecule has 0 bridgehead atoms. The first-order valence-electron chi connectivity index (χ1n) is 10.9. The molecule has 32 heavy (non-hydrogen) atoms. The number of nitrogens with zero attached hydrogens (tertiary/aromatic N) is 5. The van der Waals surface area contributed by atoms with Crippen LogP contribution < -0.4 is 10.2 Å². The van der Waals surface area contributed by atoms with Crippen LogP contribution in [0.4, 0.5) is 17.7 Å². The Morgan fingerprint density at radius 2 is 1.72 bits per heavy atom. The quantitative estimate of drug-likeness (QED) is 0.424. The molecule has 7 heteroatoms. The molecule has 1 aliphatic rings. The van der Waals surface area contributed by atoms with E-state index in [1.165, 1.54) is 5.56 Å². The van der Waals surface area contributed by atoms with E-state index in [0.29, 0.717) is 11.9 Å². The predicted molar refractivity (Wildman–Crippen MR) is 126 cm³/mol. The van der Waals surface area contributed by atoms with Gasteiger partial charge in [0.05, 0.1) is 5.69 Å². The summed E-state index contributed by atoms with van der Waals surface area (Å²) in [6.07, 6.45) is 3.07. The lowest BCUT2D eigenvalue weighted by molar-refractivity contribution is 0.772. The monoisotopic (exact) mass is 421 g/mol. The lowest BCUT2D eigenvalue weighted by Crippen LogP contribution is -2.23. The minimum atomic E-state index is 0.500. The SMILES string of the molecule is c1ccc(-c2cc(Nc3nc(N4CCC(c5ccccc5)C4)nc4cccn34)[nH]n2)cc1. The topological polar surface area (TPSA) is 74.1 Å². The summed E-state index contributed by atoms with van der Waals surface area (Å²) in [5.41, 5.74) is 4.19. The Kier molecular flexibility index (Phi) is 4.57. The average Bonchev–Trinajstić information content (AvgIpc) is 3.61. The second-order valence-corrected chi connectivity index (χ2v) is 8.08. The van der Waals surface area contributed by atoms with E-state index in [-0.39, 0.29) is 0 Å². The van der Waals surface area contributed by atoms with Gasteiger partial charge in [-0.2, -0.15) is 15.1 Å². The smallest absolute Gasteiger partial charge is 0.230 e. The third kappa shape index (κ3) is 3.47. The van der Waals surface area contributed by atoms with Crippen molar-refractivity contribution in [2.75, 3.05) is 23.3 Å². The van der Waals surface area contributed by atoms with Crippen molar-refractivity contribution in [3.8, 4) is 11.3 Å². The summed E-state index contributed by atoms with van der Waals surface area (Å²) in [4.78, 5) is 12.0. The summed E-state index contributed by atoms with van der Waals surface area (Å²) in [6, 6.07) is 26.8. The van der Waals surface area contributed by atoms with E-state index in [1.807, 2.05) is 59.1 Å². The number of benzene rings is 2. The second kappa shape index (κ2) is 7.85. The molecule has 1 unspecified atom stereocenters. The molecule has 6 rings (SSSR count). The van der Waals surface area contributed by atoms with Gasteiger partial charge in [0.25, 0.3) is 0 Å². The molecule has 1 saturated heterocycles. The molecule has 1 atom stereocenters. The van der Waals surface area contributed by atoms with Gasteiger partial charge in [-0.25, -0.2) is 0 Å². The van der Waals surface area contributed by atoms with Gasteiger partial charge in [-0.15, -0.1) is 0 Å². The highest BCUT2D eigenvalue weighted by Gasteiger charge is 2.26. The second-order valence-electron chi connectivity index (χ2n) is 8.08. The minimum Gasteiger partial charge on any atom is -0.340 e. The lowest BCUT2D eigenvalue weighted by Gasteiger charge is -2.18. The standard InChI is InChI=1S/C25H23N7/c1-3-8-18(9-4-1)20-13-15-31(17-20)24-27-23-12-7-14-32(23)25(28-24)26-22-16-21(29-30-22)19-10-5-2-6-11-19/h1-12,14,16,20H,13,15,17H2,(H2,26,27,28,29,30). The van der Waals surface area contributed by atoms with Gasteiger partial charge in [0.15, 0.2) is 0 Å². The van der Waals surface area contributed by atoms with Crippen molar-refractivity contribution >= 4 is 23.4 Å². The molecule has 2 aromatic carbocycles. The fourth-order valence-electron chi connectivity index (χ4n) is 4.35. The molecule has 1 aliphatic heterocycles. The van der Waals surface area contributed by atoms with Gasteiger partial charge in [-0.3, -0.25) is 9.50 Å². The van der Waals surface area contributed by atoms with Crippen LogP contribution in [0.1, 0.15) is 17.9 Å². The molecule has 0 saturated carbocycles. The molecule has 0 aliphatic carbocycles. The van der Waals surface area contributed by atoms with E-state index in [4.69, 9.17) is 9.97 Å². The Balaban J connectivity index is 1.28. The van der Waals surface area contributed by atoms with Crippen LogP contribution in [-0.2, 0) is 0 Å². The molecule has 5 aromatic rings. The molecule has 3 aromatic heterocycles. The van der Waals surface area contributed by atoms with E-state index < -0.39 is 0 Å². The fraction of sp³-hybridized carbons (Fsp3) is 0.160. The van der Waals surface area contributed by atoms with Gasteiger partial charge in [0, 0.05) is 36.8 Å². The third-order valence-electron chi connectivity index (χ3n) is 6.01. The van der Waals surface area contributed by atoms with Crippen LogP contribution in [-0.4, -0.2) is 37.7 Å². The van der Waals surface area contributed by atoms with Crippen molar-refractivity contribution < 1.29 is 0 Å². The summed E-state index contributed by atoms with van der Waals surface area (Å²) < 4.78 is 1.96. The van der Waals surface area contributed by atoms with Crippen molar-refractivity contribution in [2.24, 2.45) is 0 Å². The number of aromatic nitrogens is 5. The normalized spacial score (nSPS) is 16.0. The number of hydrogen-bond donors (Lipinski definition) is 2. The first kappa shape index (κ1) is 18.6. The molecule has 2 N–H and O–H groups in total. The van der Waals surface area contributed by atoms with E-state index in [1.54, 1.807) is 0 Å². The highest BCUT2D eigenvalue weighted by molar-refractivity contribution is 5.65. The third-order valence-corrected chi connectivity index (χ3v) is 6.01. The largest absolute Gasteiger partial charge is 0.340 e. The van der Waals surface area contributed by atoms with Gasteiger partial charge in [-0.05, 0) is 24.1 Å². The lowest BCUT2D eigenvalue weighted by atomic mass is 9.99. The van der Waals surface area contributed by atoms with Crippen LogP contribution in [0, 0.1) is 0 Å². The Morgan fingerprint density at radius 1 is 0.906 bits per heavy atom. The molecular weight excluding hydrogens is 398 g/mol. The van der Waals surface area contributed by atoms with Crippen LogP contribution in [0.2, 0.25) is 0 Å². The van der Waals surface area contributed by atoms with Gasteiger partial charge < -0.3 is 10.2 Å². The van der Waals surface area contributed by atoms with Crippen molar-refractivity contribution in [3.05, 3.63) is 90.6 Å². The van der Waals surface area contributed by atoms with Crippen molar-refractivity contribution in [1.82, 2.24) is 24.6 Å². The Hall–Kier alpha value is -4.13. The maximum absolute atomic E-state index is 4.88. The predicted octanol–water partition coefficient (Wildman–Crippen LogP) is 4.86. The molecular formula is C25H23N7. The number of nitrogens with one attached hydrogen (secondary N) is 2. The maximum Gasteiger partial charge on any atom is 0.230 e. The number of anilines is 3. The number of H-pyrrole nitrogens is 1. The van der Waals surface area contributed by atoms with E-state index in [0.717, 1.165) is 48.2 Å². The van der Waals surface area contributed by atoms with Crippen LogP contribution in [0.25, 0.3) is 16.9 Å². The zero-order valence-corrected chi connectivity index (χ0v) is 17.5. The first-order valence-corrected chi connectivity index (χ1v) is 10.9. The Morgan fingerprint density at radius 3 is 2.56 bits per heavy atom. The zero-order chi connectivity index (χ0) is 21.3. The molecule has 1 fully saturated rings. The van der Waals surface area contributed by atoms with Crippen LogP contribution >= 0.6 is 0 Å². The summed E-state index contributed by atoms with van der Waals surface area (Å²) in [7, 11) is 0. The maximum atomic E-state index is 4.88. The number of rotatable bonds is 5. The van der Waals surface area contributed by atoms with E-state index in [2.05, 4.69) is 50.7 Å². The van der Waals surface area contributed by atoms with Gasteiger partial charge in [-0.1, -0.05) is 60.7 Å². The summed E-state index contributed by atoms with van der Waals surface area (Å²) in [6.45, 7) is 1.86. The number of hydrogen-bond acceptors (Lipinski definition) is 5. The van der Waals surface area contributed by atoms with E-state index in [9.17, 15) is 0 Å². The van der Waals surface area contributed by atoms with Crippen LogP contribution in [0.5, 0.6) is 0 Å². The molecule has 0 spiro atoms. The minimum absolute atomic E-state index is 0.500. The first-order chi connectivity index (χ1) is 15.8. The molecule has 7 nitrogen and oxygen atoms in total. The number of aromatic amines is 1. The molecule has 0 radical (unpaired) electrons. The van der Waals surface area contributed by atoms with Crippen LogP contribution in [0.15, 0.2) is 85.1 Å². The molecule has 158 valence electrons. The summed E-state index contributed by atoms with van der Waals surface area (Å²) in [5, 5.41) is 10.9. The number of fused-ring (bicyclic) bond motifs is 1. The fourth-order valence-corrected chi connectivity index (χ4v) is 4.35. The molecule has 4 heterocycles. The Bertz CT molecular complexity index is 1340. The summed E-state index contributed by atoms with van der Waals surface area (Å²) >= 11 is 0. The highest BCUT2D eigenvalue weighted by atomic mass is 15.3. The summed E-state index contributed by atoms with van der Waals surface area (Å²) in [5.74, 6) is 2.74. The van der Waals surface area contributed by atoms with Crippen LogP contribution in [0.3, 0.4) is 0 Å². The van der Waals surface area contributed by atoms with Gasteiger partial charge in [0.2, 0.25) is 11.9 Å².